The average Bonchev–Trinajstić information content (AvgIpc) is 2.15. The van der Waals surface area contributed by atoms with Crippen molar-refractivity contribution in [3.8, 4) is 0 Å². The molecule has 0 N–H and O–H groups in total. The van der Waals surface area contributed by atoms with Crippen LogP contribution in [0.2, 0.25) is 0 Å². The summed E-state index contributed by atoms with van der Waals surface area (Å²) in [6, 6.07) is 4.87. The molecule has 0 spiro atoms. The van der Waals surface area contributed by atoms with Crippen molar-refractivity contribution in [3.05, 3.63) is 32.8 Å². The number of hydrogen-bond acceptors (Lipinski definition) is 3. The van der Waals surface area contributed by atoms with Gasteiger partial charge in [-0.2, -0.15) is 0 Å². The Morgan fingerprint density at radius 1 is 1.53 bits per heavy atom. The predicted octanol–water partition coefficient (Wildman–Crippen LogP) is 4.11. The maximum absolute atomic E-state index is 10.5. The van der Waals surface area contributed by atoms with E-state index in [0.29, 0.717) is 5.92 Å². The molecule has 0 radical (unpaired) electrons. The second-order valence-corrected chi connectivity index (χ2v) is 5.49. The SMILES string of the molecule is CC(C)CSc1ccc([N+](=O)[O-])cc1Br. The number of thioether (sulfide) groups is 1. The molecule has 15 heavy (non-hydrogen) atoms. The maximum atomic E-state index is 10.5. The van der Waals surface area contributed by atoms with Crippen LogP contribution in [0.15, 0.2) is 27.6 Å². The Hall–Kier alpha value is -0.550. The summed E-state index contributed by atoms with van der Waals surface area (Å²) in [7, 11) is 0. The Morgan fingerprint density at radius 3 is 2.67 bits per heavy atom. The van der Waals surface area contributed by atoms with E-state index in [9.17, 15) is 10.1 Å². The Morgan fingerprint density at radius 2 is 2.20 bits per heavy atom. The molecule has 0 aliphatic heterocycles. The molecule has 0 saturated carbocycles. The molecule has 0 aliphatic carbocycles. The molecule has 3 nitrogen and oxygen atoms in total. The van der Waals surface area contributed by atoms with Gasteiger partial charge in [0, 0.05) is 27.3 Å². The van der Waals surface area contributed by atoms with E-state index >= 15 is 0 Å². The molecule has 0 bridgehead atoms. The molecule has 0 aliphatic rings. The molecule has 0 heterocycles. The molecule has 5 heteroatoms. The highest BCUT2D eigenvalue weighted by molar-refractivity contribution is 9.10. The smallest absolute Gasteiger partial charge is 0.258 e. The van der Waals surface area contributed by atoms with Crippen molar-refractivity contribution in [2.75, 3.05) is 5.75 Å². The Balaban J connectivity index is 2.79. The van der Waals surface area contributed by atoms with Gasteiger partial charge in [-0.05, 0) is 27.9 Å². The van der Waals surface area contributed by atoms with Crippen LogP contribution in [-0.4, -0.2) is 10.7 Å². The van der Waals surface area contributed by atoms with E-state index in [-0.39, 0.29) is 10.6 Å². The van der Waals surface area contributed by atoms with Crippen molar-refractivity contribution in [2.24, 2.45) is 5.92 Å². The first kappa shape index (κ1) is 12.5. The molecular weight excluding hydrogens is 278 g/mol. The number of rotatable bonds is 4. The van der Waals surface area contributed by atoms with Gasteiger partial charge in [-0.3, -0.25) is 10.1 Å². The number of non-ortho nitro benzene ring substituents is 1. The van der Waals surface area contributed by atoms with Gasteiger partial charge in [-0.1, -0.05) is 13.8 Å². The Kier molecular flexibility index (Phi) is 4.60. The third-order valence-electron chi connectivity index (χ3n) is 1.70. The molecule has 1 aromatic carbocycles. The summed E-state index contributed by atoms with van der Waals surface area (Å²) in [4.78, 5) is 11.2. The third kappa shape index (κ3) is 3.83. The molecular formula is C10H12BrNO2S. The summed E-state index contributed by atoms with van der Waals surface area (Å²) in [5.74, 6) is 1.62. The summed E-state index contributed by atoms with van der Waals surface area (Å²) in [5.41, 5.74) is 0.121. The van der Waals surface area contributed by atoms with E-state index in [4.69, 9.17) is 0 Å². The number of benzene rings is 1. The minimum Gasteiger partial charge on any atom is -0.258 e. The van der Waals surface area contributed by atoms with Crippen LogP contribution in [0.5, 0.6) is 0 Å². The van der Waals surface area contributed by atoms with Gasteiger partial charge in [0.15, 0.2) is 0 Å². The van der Waals surface area contributed by atoms with Gasteiger partial charge in [-0.25, -0.2) is 0 Å². The van der Waals surface area contributed by atoms with Gasteiger partial charge in [0.25, 0.3) is 5.69 Å². The summed E-state index contributed by atoms with van der Waals surface area (Å²) >= 11 is 5.05. The van der Waals surface area contributed by atoms with Gasteiger partial charge in [-0.15, -0.1) is 11.8 Å². The molecule has 0 aromatic heterocycles. The van der Waals surface area contributed by atoms with Gasteiger partial charge in [0.2, 0.25) is 0 Å². The summed E-state index contributed by atoms with van der Waals surface area (Å²) < 4.78 is 0.794. The minimum absolute atomic E-state index is 0.121. The zero-order valence-electron chi connectivity index (χ0n) is 8.57. The summed E-state index contributed by atoms with van der Waals surface area (Å²) in [6.45, 7) is 4.29. The zero-order chi connectivity index (χ0) is 11.4. The quantitative estimate of drug-likeness (QED) is 0.476. The van der Waals surface area contributed by atoms with E-state index in [0.717, 1.165) is 15.1 Å². The van der Waals surface area contributed by atoms with E-state index in [1.807, 2.05) is 0 Å². The first-order valence-corrected chi connectivity index (χ1v) is 6.35. The summed E-state index contributed by atoms with van der Waals surface area (Å²) in [5, 5.41) is 10.5. The predicted molar refractivity (Wildman–Crippen MR) is 66.4 cm³/mol. The van der Waals surface area contributed by atoms with E-state index in [1.165, 1.54) is 6.07 Å². The van der Waals surface area contributed by atoms with Crippen molar-refractivity contribution in [1.29, 1.82) is 0 Å². The first-order chi connectivity index (χ1) is 7.00. The minimum atomic E-state index is -0.387. The van der Waals surface area contributed by atoms with E-state index in [1.54, 1.807) is 23.9 Å². The lowest BCUT2D eigenvalue weighted by molar-refractivity contribution is -0.385. The van der Waals surface area contributed by atoms with Crippen molar-refractivity contribution in [3.63, 3.8) is 0 Å². The highest BCUT2D eigenvalue weighted by Crippen LogP contribution is 2.31. The molecule has 1 rings (SSSR count). The molecule has 1 aromatic rings. The molecule has 0 saturated heterocycles. The maximum Gasteiger partial charge on any atom is 0.270 e. The fourth-order valence-corrected chi connectivity index (χ4v) is 2.56. The second kappa shape index (κ2) is 5.51. The molecule has 0 fully saturated rings. The largest absolute Gasteiger partial charge is 0.270 e. The highest BCUT2D eigenvalue weighted by Gasteiger charge is 2.09. The van der Waals surface area contributed by atoms with Crippen LogP contribution in [0.3, 0.4) is 0 Å². The highest BCUT2D eigenvalue weighted by atomic mass is 79.9. The van der Waals surface area contributed by atoms with Crippen molar-refractivity contribution < 1.29 is 4.92 Å². The van der Waals surface area contributed by atoms with Gasteiger partial charge < -0.3 is 0 Å². The van der Waals surface area contributed by atoms with Crippen LogP contribution in [0.25, 0.3) is 0 Å². The van der Waals surface area contributed by atoms with Crippen LogP contribution in [0.1, 0.15) is 13.8 Å². The van der Waals surface area contributed by atoms with Crippen LogP contribution < -0.4 is 0 Å². The lowest BCUT2D eigenvalue weighted by atomic mass is 10.3. The van der Waals surface area contributed by atoms with Crippen LogP contribution in [-0.2, 0) is 0 Å². The Bertz CT molecular complexity index is 368. The van der Waals surface area contributed by atoms with Crippen LogP contribution >= 0.6 is 27.7 Å². The number of hydrogen-bond donors (Lipinski definition) is 0. The number of nitro groups is 1. The molecule has 0 unspecified atom stereocenters. The number of nitrogens with zero attached hydrogens (tertiary/aromatic N) is 1. The lowest BCUT2D eigenvalue weighted by Crippen LogP contribution is -1.92. The zero-order valence-corrected chi connectivity index (χ0v) is 11.0. The fourth-order valence-electron chi connectivity index (χ4n) is 0.977. The van der Waals surface area contributed by atoms with Crippen molar-refractivity contribution >= 4 is 33.4 Å². The van der Waals surface area contributed by atoms with Gasteiger partial charge in [0.1, 0.15) is 0 Å². The van der Waals surface area contributed by atoms with Crippen molar-refractivity contribution in [1.82, 2.24) is 0 Å². The topological polar surface area (TPSA) is 43.1 Å². The van der Waals surface area contributed by atoms with Crippen molar-refractivity contribution in [2.45, 2.75) is 18.7 Å². The van der Waals surface area contributed by atoms with Gasteiger partial charge >= 0.3 is 0 Å². The average molecular weight is 290 g/mol. The molecule has 0 amide bonds. The third-order valence-corrected chi connectivity index (χ3v) is 4.12. The molecule has 0 atom stereocenters. The van der Waals surface area contributed by atoms with E-state index < -0.39 is 0 Å². The Labute approximate surface area is 102 Å². The second-order valence-electron chi connectivity index (χ2n) is 3.58. The van der Waals surface area contributed by atoms with E-state index in [2.05, 4.69) is 29.8 Å². The monoisotopic (exact) mass is 289 g/mol. The number of halogens is 1. The normalized spacial score (nSPS) is 10.7. The standard InChI is InChI=1S/C10H12BrNO2S/c1-7(2)6-15-10-4-3-8(12(13)14)5-9(10)11/h3-5,7H,6H2,1-2H3. The van der Waals surface area contributed by atoms with Gasteiger partial charge in [0.05, 0.1) is 4.92 Å². The first-order valence-electron chi connectivity index (χ1n) is 4.57. The lowest BCUT2D eigenvalue weighted by Gasteiger charge is -2.06. The van der Waals surface area contributed by atoms with Crippen LogP contribution in [0, 0.1) is 16.0 Å². The fraction of sp³-hybridized carbons (Fsp3) is 0.400. The number of nitro benzene ring substituents is 1. The van der Waals surface area contributed by atoms with Crippen LogP contribution in [0.4, 0.5) is 5.69 Å². The molecule has 82 valence electrons. The summed E-state index contributed by atoms with van der Waals surface area (Å²) in [6.07, 6.45) is 0.